The smallest absolute Gasteiger partial charge is 0.407 e. The van der Waals surface area contributed by atoms with E-state index in [0.29, 0.717) is 17.8 Å². The number of alkyl carbamates (subject to hydrolysis) is 1. The largest absolute Gasteiger partial charge is 0.446 e. The molecule has 1 saturated carbocycles. The number of nitrogens with zero attached hydrogens (tertiary/aromatic N) is 3. The number of hydrogen-bond acceptors (Lipinski definition) is 6. The Labute approximate surface area is 225 Å². The number of nitro groups is 1. The molecule has 0 bridgehead atoms. The molecule has 1 aliphatic carbocycles. The Kier molecular flexibility index (Phi) is 7.88. The van der Waals surface area contributed by atoms with Crippen LogP contribution in [0.1, 0.15) is 44.6 Å². The second-order valence-corrected chi connectivity index (χ2v) is 11.5. The quantitative estimate of drug-likeness (QED) is 0.379. The highest BCUT2D eigenvalue weighted by atomic mass is 16.6. The third-order valence-electron chi connectivity index (χ3n) is 9.42. The van der Waals surface area contributed by atoms with Crippen LogP contribution in [-0.2, 0) is 10.2 Å². The van der Waals surface area contributed by atoms with Gasteiger partial charge in [-0.2, -0.15) is 0 Å². The number of likely N-dealkylation sites (tertiary alicyclic amines) is 1. The predicted molar refractivity (Wildman–Crippen MR) is 148 cm³/mol. The zero-order valence-corrected chi connectivity index (χ0v) is 22.6. The van der Waals surface area contributed by atoms with Gasteiger partial charge in [0.25, 0.3) is 5.69 Å². The van der Waals surface area contributed by atoms with E-state index in [9.17, 15) is 14.9 Å². The number of nitrogens with one attached hydrogen (secondary N) is 1. The lowest BCUT2D eigenvalue weighted by Gasteiger charge is -2.49. The van der Waals surface area contributed by atoms with Crippen molar-refractivity contribution in [2.45, 2.75) is 50.5 Å². The summed E-state index contributed by atoms with van der Waals surface area (Å²) in [6.45, 7) is 7.71. The van der Waals surface area contributed by atoms with Crippen LogP contribution in [0, 0.1) is 27.9 Å². The van der Waals surface area contributed by atoms with E-state index in [4.69, 9.17) is 4.74 Å². The van der Waals surface area contributed by atoms with Gasteiger partial charge in [0.1, 0.15) is 6.10 Å². The molecule has 0 spiro atoms. The maximum atomic E-state index is 12.1. The van der Waals surface area contributed by atoms with E-state index >= 15 is 0 Å². The third-order valence-corrected chi connectivity index (χ3v) is 9.42. The van der Waals surface area contributed by atoms with E-state index in [2.05, 4.69) is 52.4 Å². The Morgan fingerprint density at radius 2 is 1.74 bits per heavy atom. The van der Waals surface area contributed by atoms with Gasteiger partial charge < -0.3 is 19.9 Å². The first-order chi connectivity index (χ1) is 18.4. The molecule has 2 heterocycles. The summed E-state index contributed by atoms with van der Waals surface area (Å²) < 4.78 is 5.89. The summed E-state index contributed by atoms with van der Waals surface area (Å²) in [4.78, 5) is 27.6. The number of benzene rings is 2. The monoisotopic (exact) mass is 520 g/mol. The van der Waals surface area contributed by atoms with Gasteiger partial charge in [-0.25, -0.2) is 4.79 Å². The summed E-state index contributed by atoms with van der Waals surface area (Å²) in [6, 6.07) is 17.8. The zero-order chi connectivity index (χ0) is 26.7. The van der Waals surface area contributed by atoms with Crippen LogP contribution in [0.15, 0.2) is 54.6 Å². The number of amides is 1. The van der Waals surface area contributed by atoms with E-state index < -0.39 is 0 Å². The molecule has 3 aliphatic rings. The molecule has 38 heavy (non-hydrogen) atoms. The highest BCUT2D eigenvalue weighted by Crippen LogP contribution is 2.51. The first kappa shape index (κ1) is 26.5. The Morgan fingerprint density at radius 3 is 2.37 bits per heavy atom. The summed E-state index contributed by atoms with van der Waals surface area (Å²) in [5.74, 6) is 1.49. The molecule has 204 valence electrons. The first-order valence-electron chi connectivity index (χ1n) is 14.0. The highest BCUT2D eigenvalue weighted by Gasteiger charge is 2.49. The minimum atomic E-state index is -0.350. The van der Waals surface area contributed by atoms with Gasteiger partial charge in [-0.1, -0.05) is 37.3 Å². The molecule has 3 fully saturated rings. The lowest BCUT2D eigenvalue weighted by atomic mass is 9.60. The van der Waals surface area contributed by atoms with Crippen LogP contribution in [0.5, 0.6) is 0 Å². The van der Waals surface area contributed by atoms with Crippen LogP contribution in [0.3, 0.4) is 0 Å². The molecule has 5 rings (SSSR count). The van der Waals surface area contributed by atoms with Gasteiger partial charge in [0.15, 0.2) is 0 Å². The number of non-ortho nitro benzene ring substituents is 1. The number of rotatable bonds is 8. The van der Waals surface area contributed by atoms with Crippen molar-refractivity contribution in [3.8, 4) is 0 Å². The van der Waals surface area contributed by atoms with E-state index in [1.165, 1.54) is 5.56 Å². The first-order valence-corrected chi connectivity index (χ1v) is 14.0. The average Bonchev–Trinajstić information content (AvgIpc) is 3.39. The standard InChI is InChI=1S/C30H40N4O4/c1-30(23-7-4-3-5-8-23,27-9-6-10-28(27)38-29(35)31-2)24-15-17-32(18-16-24)19-22-20-33(21-22)25-11-13-26(14-12-25)34(36)37/h3-5,7-8,11-14,22,24,27-28H,6,9-10,15-21H2,1-2H3,(H,31,35)/t27-,28-,30?/m0/s1. The predicted octanol–water partition coefficient (Wildman–Crippen LogP) is 5.23. The van der Waals surface area contributed by atoms with E-state index in [1.54, 1.807) is 19.2 Å². The minimum Gasteiger partial charge on any atom is -0.446 e. The molecule has 8 heteroatoms. The normalized spacial score (nSPS) is 24.4. The van der Waals surface area contributed by atoms with E-state index in [0.717, 1.165) is 70.5 Å². The fraction of sp³-hybridized carbons (Fsp3) is 0.567. The summed E-state index contributed by atoms with van der Waals surface area (Å²) in [5, 5.41) is 13.6. The van der Waals surface area contributed by atoms with Crippen molar-refractivity contribution in [2.24, 2.45) is 17.8 Å². The number of piperidine rings is 1. The van der Waals surface area contributed by atoms with Crippen molar-refractivity contribution in [3.63, 3.8) is 0 Å². The number of carbonyl (C=O) groups excluding carboxylic acids is 1. The topological polar surface area (TPSA) is 88.0 Å². The van der Waals surface area contributed by atoms with Crippen molar-refractivity contribution in [2.75, 3.05) is 44.7 Å². The van der Waals surface area contributed by atoms with Gasteiger partial charge in [-0.05, 0) is 68.8 Å². The molecule has 2 saturated heterocycles. The van der Waals surface area contributed by atoms with Gasteiger partial charge in [0, 0.05) is 61.8 Å². The molecule has 3 atom stereocenters. The summed E-state index contributed by atoms with van der Waals surface area (Å²) in [5.41, 5.74) is 2.54. The number of hydrogen-bond donors (Lipinski definition) is 1. The Hall–Kier alpha value is -3.13. The summed E-state index contributed by atoms with van der Waals surface area (Å²) >= 11 is 0. The SMILES string of the molecule is CNC(=O)O[C@H]1CCC[C@@H]1C(C)(c1ccccc1)C1CCN(CC2CN(c3ccc([N+](=O)[O-])cc3)C2)CC1. The molecule has 1 N–H and O–H groups in total. The Morgan fingerprint density at radius 1 is 1.05 bits per heavy atom. The maximum Gasteiger partial charge on any atom is 0.407 e. The Balaban J connectivity index is 1.19. The third kappa shape index (κ3) is 5.37. The molecule has 0 radical (unpaired) electrons. The van der Waals surface area contributed by atoms with Crippen LogP contribution >= 0.6 is 0 Å². The highest BCUT2D eigenvalue weighted by molar-refractivity contribution is 5.67. The van der Waals surface area contributed by atoms with Crippen LogP contribution in [-0.4, -0.2) is 61.8 Å². The zero-order valence-electron chi connectivity index (χ0n) is 22.6. The molecule has 2 aromatic rings. The van der Waals surface area contributed by atoms with Crippen molar-refractivity contribution in [3.05, 3.63) is 70.3 Å². The van der Waals surface area contributed by atoms with E-state index in [-0.39, 0.29) is 28.2 Å². The average molecular weight is 521 g/mol. The van der Waals surface area contributed by atoms with Gasteiger partial charge in [0.05, 0.1) is 4.92 Å². The van der Waals surface area contributed by atoms with Gasteiger partial charge >= 0.3 is 6.09 Å². The fourth-order valence-corrected chi connectivity index (χ4v) is 7.26. The van der Waals surface area contributed by atoms with E-state index in [1.807, 2.05) is 12.1 Å². The maximum absolute atomic E-state index is 12.1. The second-order valence-electron chi connectivity index (χ2n) is 11.5. The summed E-state index contributed by atoms with van der Waals surface area (Å²) in [7, 11) is 1.63. The molecule has 1 unspecified atom stereocenters. The van der Waals surface area contributed by atoms with Crippen LogP contribution in [0.25, 0.3) is 0 Å². The lowest BCUT2D eigenvalue weighted by molar-refractivity contribution is -0.384. The number of anilines is 1. The second kappa shape index (κ2) is 11.3. The molecule has 2 aliphatic heterocycles. The van der Waals surface area contributed by atoms with Crippen LogP contribution < -0.4 is 10.2 Å². The van der Waals surface area contributed by atoms with Crippen LogP contribution in [0.2, 0.25) is 0 Å². The van der Waals surface area contributed by atoms with Crippen LogP contribution in [0.4, 0.5) is 16.2 Å². The minimum absolute atomic E-state index is 0.0360. The fourth-order valence-electron chi connectivity index (χ4n) is 7.26. The lowest BCUT2D eigenvalue weighted by Crippen LogP contribution is -2.54. The molecule has 2 aromatic carbocycles. The number of ether oxygens (including phenoxy) is 1. The molecule has 8 nitrogen and oxygen atoms in total. The molecule has 1 amide bonds. The Bertz CT molecular complexity index is 1100. The van der Waals surface area contributed by atoms with Gasteiger partial charge in [0.2, 0.25) is 0 Å². The molecular weight excluding hydrogens is 480 g/mol. The molecule has 0 aromatic heterocycles. The van der Waals surface area contributed by atoms with Gasteiger partial charge in [-0.3, -0.25) is 10.1 Å². The van der Waals surface area contributed by atoms with Crippen molar-refractivity contribution < 1.29 is 14.5 Å². The number of carbonyl (C=O) groups is 1. The summed E-state index contributed by atoms with van der Waals surface area (Å²) in [6.07, 6.45) is 5.05. The number of nitro benzene ring substituents is 1. The molecular formula is C30H40N4O4. The van der Waals surface area contributed by atoms with Crippen molar-refractivity contribution in [1.82, 2.24) is 10.2 Å². The van der Waals surface area contributed by atoms with Crippen molar-refractivity contribution in [1.29, 1.82) is 0 Å². The van der Waals surface area contributed by atoms with Crippen molar-refractivity contribution >= 4 is 17.5 Å². The van der Waals surface area contributed by atoms with Gasteiger partial charge in [-0.15, -0.1) is 0 Å².